The van der Waals surface area contributed by atoms with E-state index in [2.05, 4.69) is 5.32 Å². The largest absolute Gasteiger partial charge is 0.487 e. The van der Waals surface area contributed by atoms with Crippen molar-refractivity contribution in [3.63, 3.8) is 0 Å². The standard InChI is InChI=1S/C13H18N2O6/c1-3-21-12-10(5-4-6-11(12)15(18)19)13(17)14-9(7-16)8-20-2/h4-6,9,16H,3,7-8H2,1-2H3,(H,14,17). The van der Waals surface area contributed by atoms with Gasteiger partial charge < -0.3 is 19.9 Å². The van der Waals surface area contributed by atoms with Crippen molar-refractivity contribution in [1.29, 1.82) is 0 Å². The Morgan fingerprint density at radius 2 is 2.24 bits per heavy atom. The van der Waals surface area contributed by atoms with E-state index in [-0.39, 0.29) is 36.8 Å². The molecule has 1 aromatic carbocycles. The lowest BCUT2D eigenvalue weighted by Gasteiger charge is -2.16. The minimum absolute atomic E-state index is 0.0422. The highest BCUT2D eigenvalue weighted by Crippen LogP contribution is 2.30. The van der Waals surface area contributed by atoms with Crippen LogP contribution >= 0.6 is 0 Å². The molecule has 0 aliphatic carbocycles. The Morgan fingerprint density at radius 1 is 1.52 bits per heavy atom. The van der Waals surface area contributed by atoms with Crippen LogP contribution in [0.2, 0.25) is 0 Å². The Bertz CT molecular complexity index is 505. The number of hydrogen-bond donors (Lipinski definition) is 2. The van der Waals surface area contributed by atoms with E-state index in [1.54, 1.807) is 6.92 Å². The molecule has 8 nitrogen and oxygen atoms in total. The molecule has 0 spiro atoms. The normalized spacial score (nSPS) is 11.8. The number of ether oxygens (including phenoxy) is 2. The average Bonchev–Trinajstić information content (AvgIpc) is 2.46. The van der Waals surface area contributed by atoms with Crippen molar-refractivity contribution < 1.29 is 24.3 Å². The van der Waals surface area contributed by atoms with Gasteiger partial charge in [0.25, 0.3) is 5.91 Å². The quantitative estimate of drug-likeness (QED) is 0.540. The van der Waals surface area contributed by atoms with Gasteiger partial charge in [0.05, 0.1) is 36.3 Å². The molecule has 2 N–H and O–H groups in total. The van der Waals surface area contributed by atoms with Crippen molar-refractivity contribution in [2.75, 3.05) is 26.9 Å². The lowest BCUT2D eigenvalue weighted by molar-refractivity contribution is -0.385. The van der Waals surface area contributed by atoms with Gasteiger partial charge in [0.2, 0.25) is 5.75 Å². The topological polar surface area (TPSA) is 111 Å². The number of nitro benzene ring substituents is 1. The third-order valence-corrected chi connectivity index (χ3v) is 2.65. The maximum Gasteiger partial charge on any atom is 0.311 e. The summed E-state index contributed by atoms with van der Waals surface area (Å²) >= 11 is 0. The minimum Gasteiger partial charge on any atom is -0.487 e. The molecule has 0 radical (unpaired) electrons. The zero-order valence-electron chi connectivity index (χ0n) is 11.9. The maximum atomic E-state index is 12.2. The number of rotatable bonds is 8. The number of amides is 1. The maximum absolute atomic E-state index is 12.2. The molecule has 0 heterocycles. The van der Waals surface area contributed by atoms with Crippen molar-refractivity contribution >= 4 is 11.6 Å². The highest BCUT2D eigenvalue weighted by molar-refractivity contribution is 5.98. The van der Waals surface area contributed by atoms with Crippen LogP contribution in [-0.2, 0) is 4.74 Å². The first kappa shape index (κ1) is 16.9. The van der Waals surface area contributed by atoms with E-state index in [9.17, 15) is 14.9 Å². The number of aliphatic hydroxyl groups is 1. The third-order valence-electron chi connectivity index (χ3n) is 2.65. The summed E-state index contributed by atoms with van der Waals surface area (Å²) in [7, 11) is 1.44. The fourth-order valence-corrected chi connectivity index (χ4v) is 1.75. The summed E-state index contributed by atoms with van der Waals surface area (Å²) in [4.78, 5) is 22.6. The molecule has 0 aliphatic rings. The Hall–Kier alpha value is -2.19. The van der Waals surface area contributed by atoms with E-state index in [0.717, 1.165) is 0 Å². The van der Waals surface area contributed by atoms with Gasteiger partial charge in [0.15, 0.2) is 0 Å². The predicted molar refractivity (Wildman–Crippen MR) is 74.5 cm³/mol. The van der Waals surface area contributed by atoms with Crippen LogP contribution in [0.3, 0.4) is 0 Å². The summed E-state index contributed by atoms with van der Waals surface area (Å²) < 4.78 is 10.1. The van der Waals surface area contributed by atoms with E-state index < -0.39 is 16.9 Å². The molecule has 1 atom stereocenters. The van der Waals surface area contributed by atoms with Gasteiger partial charge in [-0.05, 0) is 13.0 Å². The number of nitrogens with zero attached hydrogens (tertiary/aromatic N) is 1. The van der Waals surface area contributed by atoms with Crippen molar-refractivity contribution in [3.8, 4) is 5.75 Å². The van der Waals surface area contributed by atoms with Crippen LogP contribution in [0.25, 0.3) is 0 Å². The SMILES string of the molecule is CCOc1c(C(=O)NC(CO)COC)cccc1[N+](=O)[O-]. The van der Waals surface area contributed by atoms with E-state index in [1.165, 1.54) is 25.3 Å². The first-order valence-electron chi connectivity index (χ1n) is 6.36. The molecule has 1 amide bonds. The van der Waals surface area contributed by atoms with Crippen LogP contribution in [0.5, 0.6) is 5.75 Å². The van der Waals surface area contributed by atoms with E-state index in [4.69, 9.17) is 14.6 Å². The second-order valence-corrected chi connectivity index (χ2v) is 4.15. The number of hydrogen-bond acceptors (Lipinski definition) is 6. The third kappa shape index (κ3) is 4.40. The molecular weight excluding hydrogens is 280 g/mol. The summed E-state index contributed by atoms with van der Waals surface area (Å²) in [5, 5.41) is 22.7. The lowest BCUT2D eigenvalue weighted by Crippen LogP contribution is -2.40. The molecule has 0 aromatic heterocycles. The molecule has 116 valence electrons. The first-order chi connectivity index (χ1) is 10.0. The smallest absolute Gasteiger partial charge is 0.311 e. The zero-order chi connectivity index (χ0) is 15.8. The number of methoxy groups -OCH3 is 1. The molecule has 21 heavy (non-hydrogen) atoms. The monoisotopic (exact) mass is 298 g/mol. The van der Waals surface area contributed by atoms with Crippen LogP contribution in [0.1, 0.15) is 17.3 Å². The Kier molecular flexibility index (Phi) is 6.57. The van der Waals surface area contributed by atoms with Crippen LogP contribution < -0.4 is 10.1 Å². The average molecular weight is 298 g/mol. The van der Waals surface area contributed by atoms with Crippen LogP contribution in [0.4, 0.5) is 5.69 Å². The minimum atomic E-state index is -0.611. The van der Waals surface area contributed by atoms with Gasteiger partial charge in [-0.15, -0.1) is 0 Å². The van der Waals surface area contributed by atoms with Gasteiger partial charge in [-0.2, -0.15) is 0 Å². The summed E-state index contributed by atoms with van der Waals surface area (Å²) in [6.07, 6.45) is 0. The molecule has 1 unspecified atom stereocenters. The Balaban J connectivity index is 3.08. The van der Waals surface area contributed by atoms with Crippen molar-refractivity contribution in [2.24, 2.45) is 0 Å². The number of nitrogens with one attached hydrogen (secondary N) is 1. The Labute approximate surface area is 121 Å². The fraction of sp³-hybridized carbons (Fsp3) is 0.462. The van der Waals surface area contributed by atoms with Crippen LogP contribution in [0.15, 0.2) is 18.2 Å². The second-order valence-electron chi connectivity index (χ2n) is 4.15. The number of para-hydroxylation sites is 1. The van der Waals surface area contributed by atoms with Crippen molar-refractivity contribution in [2.45, 2.75) is 13.0 Å². The van der Waals surface area contributed by atoms with E-state index in [0.29, 0.717) is 0 Å². The molecule has 0 saturated heterocycles. The number of nitro groups is 1. The summed E-state index contributed by atoms with van der Waals surface area (Å²) in [5.74, 6) is -0.658. The number of carbonyl (C=O) groups is 1. The first-order valence-corrected chi connectivity index (χ1v) is 6.36. The van der Waals surface area contributed by atoms with Gasteiger partial charge in [0, 0.05) is 13.2 Å². The van der Waals surface area contributed by atoms with Crippen molar-refractivity contribution in [1.82, 2.24) is 5.32 Å². The van der Waals surface area contributed by atoms with Crippen LogP contribution in [0, 0.1) is 10.1 Å². The van der Waals surface area contributed by atoms with E-state index >= 15 is 0 Å². The van der Waals surface area contributed by atoms with Gasteiger partial charge in [-0.25, -0.2) is 0 Å². The predicted octanol–water partition coefficient (Wildman–Crippen LogP) is 0.731. The molecular formula is C13H18N2O6. The van der Waals surface area contributed by atoms with E-state index in [1.807, 2.05) is 0 Å². The number of benzene rings is 1. The van der Waals surface area contributed by atoms with Crippen LogP contribution in [-0.4, -0.2) is 48.9 Å². The van der Waals surface area contributed by atoms with Gasteiger partial charge in [-0.3, -0.25) is 14.9 Å². The fourth-order valence-electron chi connectivity index (χ4n) is 1.75. The van der Waals surface area contributed by atoms with Crippen molar-refractivity contribution in [3.05, 3.63) is 33.9 Å². The Morgan fingerprint density at radius 3 is 2.76 bits per heavy atom. The highest BCUT2D eigenvalue weighted by Gasteiger charge is 2.24. The zero-order valence-corrected chi connectivity index (χ0v) is 11.9. The number of carbonyl (C=O) groups excluding carboxylic acids is 1. The molecule has 0 aliphatic heterocycles. The molecule has 0 fully saturated rings. The highest BCUT2D eigenvalue weighted by atomic mass is 16.6. The van der Waals surface area contributed by atoms with Gasteiger partial charge in [-0.1, -0.05) is 6.07 Å². The number of aliphatic hydroxyl groups excluding tert-OH is 1. The van der Waals surface area contributed by atoms with Gasteiger partial charge >= 0.3 is 5.69 Å². The second kappa shape index (κ2) is 8.18. The molecule has 1 rings (SSSR count). The summed E-state index contributed by atoms with van der Waals surface area (Å²) in [6, 6.07) is 3.49. The summed E-state index contributed by atoms with van der Waals surface area (Å²) in [6.45, 7) is 1.67. The molecule has 8 heteroatoms. The molecule has 1 aromatic rings. The lowest BCUT2D eigenvalue weighted by atomic mass is 10.1. The molecule has 0 bridgehead atoms. The molecule has 0 saturated carbocycles. The summed E-state index contributed by atoms with van der Waals surface area (Å²) in [5.41, 5.74) is -0.239. The van der Waals surface area contributed by atoms with Gasteiger partial charge in [0.1, 0.15) is 0 Å².